The number of fused-ring (bicyclic) bond motifs is 3. The first-order valence-electron chi connectivity index (χ1n) is 9.95. The summed E-state index contributed by atoms with van der Waals surface area (Å²) in [5.74, 6) is 0.323. The summed E-state index contributed by atoms with van der Waals surface area (Å²) >= 11 is 0. The van der Waals surface area contributed by atoms with Crippen LogP contribution in [0.3, 0.4) is 0 Å². The molecule has 3 aliphatic rings. The summed E-state index contributed by atoms with van der Waals surface area (Å²) in [6, 6.07) is 17.7. The number of ether oxygens (including phenoxy) is 2. The Morgan fingerprint density at radius 1 is 1.00 bits per heavy atom. The molecule has 29 heavy (non-hydrogen) atoms. The maximum Gasteiger partial charge on any atom is 0.322 e. The van der Waals surface area contributed by atoms with Gasteiger partial charge in [0.15, 0.2) is 0 Å². The molecule has 1 aliphatic carbocycles. The maximum absolute atomic E-state index is 12.1. The Labute approximate surface area is 169 Å². The van der Waals surface area contributed by atoms with Crippen LogP contribution in [0, 0.1) is 5.41 Å². The lowest BCUT2D eigenvalue weighted by Crippen LogP contribution is -2.51. The Hall–Kier alpha value is -2.86. The van der Waals surface area contributed by atoms with Crippen molar-refractivity contribution in [3.63, 3.8) is 0 Å². The number of hydrogen-bond donors (Lipinski definition) is 2. The monoisotopic (exact) mass is 395 g/mol. The van der Waals surface area contributed by atoms with E-state index >= 15 is 0 Å². The van der Waals surface area contributed by atoms with E-state index in [0.29, 0.717) is 13.0 Å². The second-order valence-electron chi connectivity index (χ2n) is 8.07. The zero-order valence-corrected chi connectivity index (χ0v) is 16.2. The molecule has 2 aliphatic heterocycles. The molecule has 6 nitrogen and oxygen atoms in total. The van der Waals surface area contributed by atoms with Gasteiger partial charge in [0.2, 0.25) is 5.91 Å². The topological polar surface area (TPSA) is 84.9 Å². The van der Waals surface area contributed by atoms with E-state index < -0.39 is 5.97 Å². The molecule has 2 N–H and O–H groups in total. The van der Waals surface area contributed by atoms with Gasteiger partial charge < -0.3 is 19.9 Å². The summed E-state index contributed by atoms with van der Waals surface area (Å²) in [7, 11) is 0. The number of benzene rings is 2. The van der Waals surface area contributed by atoms with Crippen molar-refractivity contribution >= 4 is 11.9 Å². The van der Waals surface area contributed by atoms with Crippen LogP contribution in [0.25, 0.3) is 0 Å². The van der Waals surface area contributed by atoms with Gasteiger partial charge in [-0.15, -0.1) is 0 Å². The SMILES string of the molecule is O=C(O)CNC(=O)CC12CCC(c3cccc(Oc4ccccc4)c3)(CC1)OC2. The Bertz CT molecular complexity index is 871. The molecule has 2 saturated heterocycles. The third-order valence-corrected chi connectivity index (χ3v) is 6.08. The zero-order chi connectivity index (χ0) is 20.3. The van der Waals surface area contributed by atoms with Crippen LogP contribution in [0.4, 0.5) is 0 Å². The van der Waals surface area contributed by atoms with Gasteiger partial charge in [0.25, 0.3) is 0 Å². The van der Waals surface area contributed by atoms with E-state index in [1.54, 1.807) is 0 Å². The summed E-state index contributed by atoms with van der Waals surface area (Å²) in [5, 5.41) is 11.2. The predicted molar refractivity (Wildman–Crippen MR) is 107 cm³/mol. The largest absolute Gasteiger partial charge is 0.480 e. The highest BCUT2D eigenvalue weighted by molar-refractivity contribution is 5.81. The molecule has 152 valence electrons. The van der Waals surface area contributed by atoms with Crippen LogP contribution in [-0.4, -0.2) is 30.1 Å². The summed E-state index contributed by atoms with van der Waals surface area (Å²) < 4.78 is 12.3. The fourth-order valence-electron chi connectivity index (χ4n) is 4.41. The van der Waals surface area contributed by atoms with Crippen molar-refractivity contribution < 1.29 is 24.2 Å². The minimum atomic E-state index is -1.03. The van der Waals surface area contributed by atoms with E-state index in [1.807, 2.05) is 48.5 Å². The van der Waals surface area contributed by atoms with Crippen molar-refractivity contribution in [3.05, 3.63) is 60.2 Å². The van der Waals surface area contributed by atoms with Gasteiger partial charge in [-0.25, -0.2) is 0 Å². The Balaban J connectivity index is 1.42. The highest BCUT2D eigenvalue weighted by Crippen LogP contribution is 2.55. The van der Waals surface area contributed by atoms with Gasteiger partial charge in [0.1, 0.15) is 18.0 Å². The number of carbonyl (C=O) groups is 2. The van der Waals surface area contributed by atoms with Gasteiger partial charge >= 0.3 is 5.97 Å². The summed E-state index contributed by atoms with van der Waals surface area (Å²) in [6.45, 7) is 0.172. The number of nitrogens with one attached hydrogen (secondary N) is 1. The molecule has 1 saturated carbocycles. The van der Waals surface area contributed by atoms with Crippen molar-refractivity contribution in [1.82, 2.24) is 5.32 Å². The van der Waals surface area contributed by atoms with E-state index in [4.69, 9.17) is 14.6 Å². The zero-order valence-electron chi connectivity index (χ0n) is 16.2. The van der Waals surface area contributed by atoms with Crippen LogP contribution in [0.2, 0.25) is 0 Å². The second kappa shape index (κ2) is 7.87. The first-order valence-corrected chi connectivity index (χ1v) is 9.95. The molecule has 0 unspecified atom stereocenters. The highest BCUT2D eigenvalue weighted by atomic mass is 16.5. The van der Waals surface area contributed by atoms with Crippen LogP contribution in [0.1, 0.15) is 37.7 Å². The number of carbonyl (C=O) groups excluding carboxylic acids is 1. The molecule has 0 radical (unpaired) electrons. The number of amides is 1. The Morgan fingerprint density at radius 2 is 1.72 bits per heavy atom. The van der Waals surface area contributed by atoms with Crippen molar-refractivity contribution in [3.8, 4) is 11.5 Å². The number of rotatable bonds is 7. The van der Waals surface area contributed by atoms with Gasteiger partial charge in [-0.05, 0) is 55.5 Å². The van der Waals surface area contributed by atoms with Gasteiger partial charge in [0, 0.05) is 11.8 Å². The van der Waals surface area contributed by atoms with Crippen LogP contribution in [0.15, 0.2) is 54.6 Å². The van der Waals surface area contributed by atoms with Gasteiger partial charge in [-0.2, -0.15) is 0 Å². The van der Waals surface area contributed by atoms with E-state index in [9.17, 15) is 9.59 Å². The van der Waals surface area contributed by atoms with Crippen LogP contribution < -0.4 is 10.1 Å². The minimum absolute atomic E-state index is 0.192. The molecular formula is C23H25NO5. The number of carboxylic acid groups (broad SMARTS) is 1. The van der Waals surface area contributed by atoms with Crippen LogP contribution in [-0.2, 0) is 19.9 Å². The van der Waals surface area contributed by atoms with Crippen molar-refractivity contribution in [1.29, 1.82) is 0 Å². The molecule has 3 fully saturated rings. The average molecular weight is 395 g/mol. The van der Waals surface area contributed by atoms with Gasteiger partial charge in [-0.3, -0.25) is 9.59 Å². The molecule has 0 spiro atoms. The predicted octanol–water partition coefficient (Wildman–Crippen LogP) is 3.86. The van der Waals surface area contributed by atoms with Crippen molar-refractivity contribution in [2.45, 2.75) is 37.7 Å². The molecule has 0 atom stereocenters. The molecule has 2 aromatic carbocycles. The molecule has 2 aromatic rings. The lowest BCUT2D eigenvalue weighted by Gasteiger charge is -2.53. The number of hydrogen-bond acceptors (Lipinski definition) is 4. The lowest BCUT2D eigenvalue weighted by atomic mass is 9.63. The minimum Gasteiger partial charge on any atom is -0.480 e. The number of para-hydroxylation sites is 1. The quantitative estimate of drug-likeness (QED) is 0.744. The molecule has 2 heterocycles. The van der Waals surface area contributed by atoms with Gasteiger partial charge in [-0.1, -0.05) is 30.3 Å². The standard InChI is InChI=1S/C23H25NO5/c25-20(24-15-21(26)27)14-22-9-11-23(12-10-22,28-16-22)17-5-4-8-19(13-17)29-18-6-2-1-3-7-18/h1-8,13H,9-12,14-16H2,(H,24,25)(H,26,27). The Kier molecular flexibility index (Phi) is 5.28. The summed E-state index contributed by atoms with van der Waals surface area (Å²) in [4.78, 5) is 22.8. The van der Waals surface area contributed by atoms with E-state index in [-0.39, 0.29) is 23.5 Å². The molecular weight excluding hydrogens is 370 g/mol. The van der Waals surface area contributed by atoms with E-state index in [1.165, 1.54) is 0 Å². The molecule has 6 heteroatoms. The third-order valence-electron chi connectivity index (χ3n) is 6.08. The van der Waals surface area contributed by atoms with E-state index in [2.05, 4.69) is 11.4 Å². The highest BCUT2D eigenvalue weighted by Gasteiger charge is 2.51. The Morgan fingerprint density at radius 3 is 2.38 bits per heavy atom. The molecule has 5 rings (SSSR count). The van der Waals surface area contributed by atoms with Gasteiger partial charge in [0.05, 0.1) is 12.2 Å². The lowest BCUT2D eigenvalue weighted by molar-refractivity contribution is -0.192. The average Bonchev–Trinajstić information content (AvgIpc) is 2.74. The molecule has 1 amide bonds. The van der Waals surface area contributed by atoms with Crippen LogP contribution >= 0.6 is 0 Å². The number of aliphatic carboxylic acids is 1. The third kappa shape index (κ3) is 4.27. The first-order chi connectivity index (χ1) is 14.0. The van der Waals surface area contributed by atoms with Crippen LogP contribution in [0.5, 0.6) is 11.5 Å². The smallest absolute Gasteiger partial charge is 0.322 e. The summed E-state index contributed by atoms with van der Waals surface area (Å²) in [5.41, 5.74) is 0.576. The first kappa shape index (κ1) is 19.5. The summed E-state index contributed by atoms with van der Waals surface area (Å²) in [6.07, 6.45) is 3.77. The fourth-order valence-corrected chi connectivity index (χ4v) is 4.41. The number of carboxylic acids is 1. The maximum atomic E-state index is 12.1. The molecule has 2 bridgehead atoms. The second-order valence-corrected chi connectivity index (χ2v) is 8.07. The van der Waals surface area contributed by atoms with Crippen molar-refractivity contribution in [2.24, 2.45) is 5.41 Å². The van der Waals surface area contributed by atoms with E-state index in [0.717, 1.165) is 42.7 Å². The normalized spacial score (nSPS) is 25.4. The fraction of sp³-hybridized carbons (Fsp3) is 0.391. The molecule has 0 aromatic heterocycles. The van der Waals surface area contributed by atoms with Crippen molar-refractivity contribution in [2.75, 3.05) is 13.2 Å².